The maximum atomic E-state index is 12.9. The van der Waals surface area contributed by atoms with Crippen LogP contribution >= 0.6 is 36.4 Å². The van der Waals surface area contributed by atoms with E-state index in [1.54, 1.807) is 12.1 Å². The number of carbonyl (C=O) groups is 2. The van der Waals surface area contributed by atoms with Crippen LogP contribution in [0, 0.1) is 0 Å². The number of rotatable bonds is 10. The molecule has 0 aliphatic heterocycles. The van der Waals surface area contributed by atoms with E-state index in [0.29, 0.717) is 30.0 Å². The number of halogens is 3. The van der Waals surface area contributed by atoms with E-state index in [1.165, 1.54) is 6.07 Å². The maximum absolute atomic E-state index is 12.9. The molecule has 0 atom stereocenters. The lowest BCUT2D eigenvalue weighted by Gasteiger charge is -2.12. The third-order valence-electron chi connectivity index (χ3n) is 5.63. The molecule has 0 unspecified atom stereocenters. The van der Waals surface area contributed by atoms with Crippen molar-refractivity contribution in [2.75, 3.05) is 36.8 Å². The van der Waals surface area contributed by atoms with Crippen molar-refractivity contribution in [3.8, 4) is 0 Å². The third kappa shape index (κ3) is 10.1. The molecule has 0 bridgehead atoms. The number of anilines is 2. The lowest BCUT2D eigenvalue weighted by atomic mass is 10.1. The first-order valence-electron chi connectivity index (χ1n) is 13.1. The second-order valence-electron chi connectivity index (χ2n) is 8.46. The molecule has 0 saturated heterocycles. The van der Waals surface area contributed by atoms with E-state index >= 15 is 0 Å². The number of carbonyl (C=O) groups excluding carboxylic acids is 2. The number of aliphatic imine (C=N–C) groups is 2. The molecule has 0 aliphatic rings. The Kier molecular flexibility index (Phi) is 15.5. The molecule has 11 heteroatoms. The number of benzene rings is 3. The van der Waals surface area contributed by atoms with Gasteiger partial charge in [0.1, 0.15) is 11.7 Å². The highest BCUT2D eigenvalue weighted by Gasteiger charge is 2.15. The number of nitrogens with one attached hydrogen (secondary N) is 4. The van der Waals surface area contributed by atoms with E-state index in [2.05, 4.69) is 31.3 Å². The summed E-state index contributed by atoms with van der Waals surface area (Å²) in [6.45, 7) is 10.9. The predicted octanol–water partition coefficient (Wildman–Crippen LogP) is 6.44. The van der Waals surface area contributed by atoms with Crippen LogP contribution in [0.4, 0.5) is 11.4 Å². The highest BCUT2D eigenvalue weighted by molar-refractivity contribution is 6.35. The van der Waals surface area contributed by atoms with Gasteiger partial charge in [-0.15, -0.1) is 24.8 Å². The summed E-state index contributed by atoms with van der Waals surface area (Å²) in [6, 6.07) is 19.5. The van der Waals surface area contributed by atoms with Crippen LogP contribution in [0.5, 0.6) is 0 Å². The summed E-state index contributed by atoms with van der Waals surface area (Å²) in [6.07, 6.45) is 0. The van der Waals surface area contributed by atoms with Gasteiger partial charge in [-0.25, -0.2) is 0 Å². The van der Waals surface area contributed by atoms with Crippen molar-refractivity contribution in [1.29, 1.82) is 0 Å². The van der Waals surface area contributed by atoms with Gasteiger partial charge in [0.15, 0.2) is 0 Å². The molecule has 0 radical (unpaired) electrons. The molecule has 4 N–H and O–H groups in total. The summed E-state index contributed by atoms with van der Waals surface area (Å²) in [5.74, 6) is 0.939. The average Bonchev–Trinajstić information content (AvgIpc) is 2.93. The highest BCUT2D eigenvalue weighted by atomic mass is 35.5. The summed E-state index contributed by atoms with van der Waals surface area (Å²) in [4.78, 5) is 34.6. The van der Waals surface area contributed by atoms with Gasteiger partial charge in [0.25, 0.3) is 11.8 Å². The summed E-state index contributed by atoms with van der Waals surface area (Å²) in [5.41, 5.74) is 3.76. The molecule has 3 rings (SSSR count). The summed E-state index contributed by atoms with van der Waals surface area (Å²) in [5, 5.41) is 12.4. The van der Waals surface area contributed by atoms with E-state index in [4.69, 9.17) is 11.6 Å². The van der Waals surface area contributed by atoms with Crippen LogP contribution in [-0.4, -0.2) is 49.7 Å². The molecule has 3 aromatic carbocycles. The van der Waals surface area contributed by atoms with Crippen LogP contribution in [0.1, 0.15) is 59.5 Å². The van der Waals surface area contributed by atoms with Gasteiger partial charge in [-0.05, 0) is 94.4 Å². The van der Waals surface area contributed by atoms with Crippen molar-refractivity contribution < 1.29 is 9.59 Å². The number of nitrogens with zero attached hydrogens (tertiary/aromatic N) is 2. The van der Waals surface area contributed by atoms with Crippen LogP contribution in [-0.2, 0) is 0 Å². The maximum Gasteiger partial charge on any atom is 0.257 e. The molecule has 0 spiro atoms. The highest BCUT2D eigenvalue weighted by Crippen LogP contribution is 2.21. The van der Waals surface area contributed by atoms with E-state index in [9.17, 15) is 9.59 Å². The fourth-order valence-corrected chi connectivity index (χ4v) is 4.08. The zero-order valence-corrected chi connectivity index (χ0v) is 26.0. The van der Waals surface area contributed by atoms with Gasteiger partial charge in [-0.1, -0.05) is 11.6 Å². The fraction of sp³-hybridized carbons (Fsp3) is 0.267. The van der Waals surface area contributed by atoms with Crippen molar-refractivity contribution >= 4 is 71.3 Å². The Balaban J connectivity index is 0.00000420. The zero-order valence-electron chi connectivity index (χ0n) is 23.6. The van der Waals surface area contributed by atoms with Crippen molar-refractivity contribution in [3.05, 3.63) is 94.0 Å². The predicted molar refractivity (Wildman–Crippen MR) is 176 cm³/mol. The van der Waals surface area contributed by atoms with Gasteiger partial charge in [-0.2, -0.15) is 0 Å². The lowest BCUT2D eigenvalue weighted by molar-refractivity contribution is 0.101. The van der Waals surface area contributed by atoms with Crippen molar-refractivity contribution in [3.63, 3.8) is 0 Å². The van der Waals surface area contributed by atoms with Gasteiger partial charge in [0.2, 0.25) is 0 Å². The standard InChI is InChI=1S/C30H35ClN6O2.2ClH/c1-5-32-27(33-6-2)20-9-14-23(15-10-20)36-29(38)22-13-18-25(26(31)19-22)30(39)37-24-16-11-21(12-17-24)28(34-7-3)35-8-4;;/h9-19H,5-8H2,1-4H3,(H,32,33)(H,34,35)(H,36,38)(H,37,39);2*1H. The molecule has 0 heterocycles. The van der Waals surface area contributed by atoms with E-state index < -0.39 is 0 Å². The number of amidine groups is 2. The first-order chi connectivity index (χ1) is 18.9. The van der Waals surface area contributed by atoms with Gasteiger partial charge in [0.05, 0.1) is 10.6 Å². The van der Waals surface area contributed by atoms with Crippen LogP contribution in [0.25, 0.3) is 0 Å². The summed E-state index contributed by atoms with van der Waals surface area (Å²) < 4.78 is 0. The Morgan fingerprint density at radius 3 is 1.44 bits per heavy atom. The molecular weight excluding hydrogens is 583 g/mol. The second kappa shape index (κ2) is 18.0. The van der Waals surface area contributed by atoms with Gasteiger partial charge in [0, 0.05) is 54.2 Å². The van der Waals surface area contributed by atoms with Crippen LogP contribution in [0.2, 0.25) is 5.02 Å². The molecule has 2 amide bonds. The Hall–Kier alpha value is -3.59. The zero-order chi connectivity index (χ0) is 28.2. The molecule has 0 fully saturated rings. The van der Waals surface area contributed by atoms with Crippen LogP contribution < -0.4 is 21.3 Å². The number of hydrogen-bond acceptors (Lipinski definition) is 4. The van der Waals surface area contributed by atoms with Gasteiger partial charge >= 0.3 is 0 Å². The van der Waals surface area contributed by atoms with Crippen molar-refractivity contribution in [1.82, 2.24) is 10.6 Å². The molecular formula is C30H37Cl3N6O2. The summed E-state index contributed by atoms with van der Waals surface area (Å²) >= 11 is 6.40. The second-order valence-corrected chi connectivity index (χ2v) is 8.87. The minimum absolute atomic E-state index is 0. The molecule has 220 valence electrons. The fourth-order valence-electron chi connectivity index (χ4n) is 3.81. The number of amides is 2. The molecule has 0 aromatic heterocycles. The minimum Gasteiger partial charge on any atom is -0.370 e. The summed E-state index contributed by atoms with van der Waals surface area (Å²) in [7, 11) is 0. The quantitative estimate of drug-likeness (QED) is 0.155. The Morgan fingerprint density at radius 2 is 1.05 bits per heavy atom. The normalized spacial score (nSPS) is 11.0. The van der Waals surface area contributed by atoms with E-state index in [0.717, 1.165) is 35.9 Å². The minimum atomic E-state index is -0.366. The Bertz CT molecular complexity index is 1340. The molecule has 0 saturated carbocycles. The van der Waals surface area contributed by atoms with Crippen LogP contribution in [0.15, 0.2) is 76.7 Å². The van der Waals surface area contributed by atoms with Crippen LogP contribution in [0.3, 0.4) is 0 Å². The smallest absolute Gasteiger partial charge is 0.257 e. The SMILES string of the molecule is CCN=C(NCC)c1ccc(NC(=O)c2ccc(C(=O)Nc3ccc(C(=NCC)NCC)cc3)c(Cl)c2)cc1.Cl.Cl. The Labute approximate surface area is 259 Å². The Morgan fingerprint density at radius 1 is 0.634 bits per heavy atom. The average molecular weight is 620 g/mol. The molecule has 3 aromatic rings. The lowest BCUT2D eigenvalue weighted by Crippen LogP contribution is -2.24. The van der Waals surface area contributed by atoms with Gasteiger partial charge in [-0.3, -0.25) is 19.6 Å². The topological polar surface area (TPSA) is 107 Å². The first-order valence-corrected chi connectivity index (χ1v) is 13.5. The van der Waals surface area contributed by atoms with Gasteiger partial charge < -0.3 is 21.3 Å². The molecule has 8 nitrogen and oxygen atoms in total. The van der Waals surface area contributed by atoms with E-state index in [-0.39, 0.29) is 47.2 Å². The molecule has 41 heavy (non-hydrogen) atoms. The first kappa shape index (κ1) is 35.4. The largest absolute Gasteiger partial charge is 0.370 e. The molecule has 0 aliphatic carbocycles. The van der Waals surface area contributed by atoms with E-state index in [1.807, 2.05) is 76.2 Å². The third-order valence-corrected chi connectivity index (χ3v) is 5.94. The van der Waals surface area contributed by atoms with Crippen molar-refractivity contribution in [2.24, 2.45) is 9.98 Å². The number of hydrogen-bond donors (Lipinski definition) is 4. The van der Waals surface area contributed by atoms with Crippen molar-refractivity contribution in [2.45, 2.75) is 27.7 Å². The monoisotopic (exact) mass is 618 g/mol.